The van der Waals surface area contributed by atoms with Gasteiger partial charge in [0.1, 0.15) is 0 Å². The Balaban J connectivity index is 1.64. The summed E-state index contributed by atoms with van der Waals surface area (Å²) < 4.78 is 0. The van der Waals surface area contributed by atoms with E-state index < -0.39 is 0 Å². The van der Waals surface area contributed by atoms with Gasteiger partial charge in [0, 0.05) is 0 Å². The Hall–Kier alpha value is -1.30. The van der Waals surface area contributed by atoms with Crippen LogP contribution in [-0.4, -0.2) is 0 Å². The maximum atomic E-state index is 2.34. The van der Waals surface area contributed by atoms with Crippen molar-refractivity contribution in [3.8, 4) is 0 Å². The van der Waals surface area contributed by atoms with E-state index >= 15 is 0 Å². The second-order valence-corrected chi connectivity index (χ2v) is 7.35. The first-order valence-electron chi connectivity index (χ1n) is 10.3. The molecular formula is C24H36. The SMILES string of the molecule is CCCCCC(CCCCCCC1=CC=CCC1)c1ccccc1. The molecule has 0 saturated heterocycles. The number of hydrogen-bond acceptors (Lipinski definition) is 0. The molecule has 0 saturated carbocycles. The van der Waals surface area contributed by atoms with Crippen LogP contribution in [0.5, 0.6) is 0 Å². The summed E-state index contributed by atoms with van der Waals surface area (Å²) in [4.78, 5) is 0. The molecule has 132 valence electrons. The molecular weight excluding hydrogens is 288 g/mol. The van der Waals surface area contributed by atoms with Gasteiger partial charge in [0.25, 0.3) is 0 Å². The molecule has 0 fully saturated rings. The topological polar surface area (TPSA) is 0 Å². The Kier molecular flexibility index (Phi) is 9.61. The van der Waals surface area contributed by atoms with Crippen molar-refractivity contribution < 1.29 is 0 Å². The molecule has 0 aromatic heterocycles. The fraction of sp³-hybridized carbons (Fsp3) is 0.583. The fourth-order valence-electron chi connectivity index (χ4n) is 3.80. The molecule has 0 heteroatoms. The van der Waals surface area contributed by atoms with Crippen molar-refractivity contribution in [3.63, 3.8) is 0 Å². The van der Waals surface area contributed by atoms with Crippen molar-refractivity contribution in [2.75, 3.05) is 0 Å². The summed E-state index contributed by atoms with van der Waals surface area (Å²) in [5, 5.41) is 0. The summed E-state index contributed by atoms with van der Waals surface area (Å²) in [7, 11) is 0. The minimum Gasteiger partial charge on any atom is -0.0842 e. The van der Waals surface area contributed by atoms with Crippen LogP contribution in [-0.2, 0) is 0 Å². The first-order valence-corrected chi connectivity index (χ1v) is 10.3. The summed E-state index contributed by atoms with van der Waals surface area (Å²) in [6, 6.07) is 11.2. The van der Waals surface area contributed by atoms with Crippen LogP contribution in [0, 0.1) is 0 Å². The number of hydrogen-bond donors (Lipinski definition) is 0. The zero-order valence-corrected chi connectivity index (χ0v) is 15.7. The van der Waals surface area contributed by atoms with E-state index in [9.17, 15) is 0 Å². The minimum atomic E-state index is 0.781. The molecule has 1 aliphatic rings. The van der Waals surface area contributed by atoms with Gasteiger partial charge in [-0.25, -0.2) is 0 Å². The second kappa shape index (κ2) is 12.1. The lowest BCUT2D eigenvalue weighted by atomic mass is 9.88. The lowest BCUT2D eigenvalue weighted by molar-refractivity contribution is 0.498. The van der Waals surface area contributed by atoms with E-state index in [-0.39, 0.29) is 0 Å². The summed E-state index contributed by atoms with van der Waals surface area (Å²) in [6.45, 7) is 2.30. The number of allylic oxidation sites excluding steroid dienone is 4. The first-order chi connectivity index (χ1) is 11.9. The van der Waals surface area contributed by atoms with Gasteiger partial charge >= 0.3 is 0 Å². The molecule has 0 aliphatic heterocycles. The van der Waals surface area contributed by atoms with Gasteiger partial charge in [-0.1, -0.05) is 99.6 Å². The predicted octanol–water partition coefficient (Wildman–Crippen LogP) is 7.97. The Morgan fingerprint density at radius 1 is 0.875 bits per heavy atom. The van der Waals surface area contributed by atoms with E-state index in [1.807, 2.05) is 0 Å². The van der Waals surface area contributed by atoms with E-state index in [1.54, 1.807) is 11.1 Å². The van der Waals surface area contributed by atoms with Crippen LogP contribution in [0.15, 0.2) is 54.1 Å². The van der Waals surface area contributed by atoms with E-state index in [0.29, 0.717) is 0 Å². The number of rotatable bonds is 12. The van der Waals surface area contributed by atoms with Gasteiger partial charge in [-0.3, -0.25) is 0 Å². The Morgan fingerprint density at radius 3 is 2.33 bits per heavy atom. The van der Waals surface area contributed by atoms with Gasteiger partial charge in [-0.2, -0.15) is 0 Å². The molecule has 24 heavy (non-hydrogen) atoms. The van der Waals surface area contributed by atoms with Crippen molar-refractivity contribution in [2.24, 2.45) is 0 Å². The minimum absolute atomic E-state index is 0.781. The average molecular weight is 325 g/mol. The van der Waals surface area contributed by atoms with Crippen molar-refractivity contribution in [3.05, 3.63) is 59.7 Å². The second-order valence-electron chi connectivity index (χ2n) is 7.35. The highest BCUT2D eigenvalue weighted by Crippen LogP contribution is 2.28. The molecule has 1 atom stereocenters. The normalized spacial score (nSPS) is 15.3. The third-order valence-corrected chi connectivity index (χ3v) is 5.33. The van der Waals surface area contributed by atoms with Crippen molar-refractivity contribution >= 4 is 0 Å². The molecule has 0 bridgehead atoms. The molecule has 0 heterocycles. The van der Waals surface area contributed by atoms with Crippen molar-refractivity contribution in [1.29, 1.82) is 0 Å². The smallest absolute Gasteiger partial charge is 0.0162 e. The molecule has 0 nitrogen and oxygen atoms in total. The van der Waals surface area contributed by atoms with Gasteiger partial charge in [0.2, 0.25) is 0 Å². The van der Waals surface area contributed by atoms with E-state index in [1.165, 1.54) is 77.0 Å². The lowest BCUT2D eigenvalue weighted by Crippen LogP contribution is -1.99. The first kappa shape index (κ1) is 19.0. The maximum Gasteiger partial charge on any atom is -0.0162 e. The zero-order valence-electron chi connectivity index (χ0n) is 15.7. The molecule has 1 unspecified atom stereocenters. The van der Waals surface area contributed by atoms with Crippen LogP contribution in [0.1, 0.15) is 95.5 Å². The molecule has 1 aliphatic carbocycles. The molecule has 1 aromatic rings. The zero-order chi connectivity index (χ0) is 16.9. The van der Waals surface area contributed by atoms with Crippen molar-refractivity contribution in [2.45, 2.75) is 89.9 Å². The third kappa shape index (κ3) is 7.51. The monoisotopic (exact) mass is 324 g/mol. The highest BCUT2D eigenvalue weighted by atomic mass is 14.2. The third-order valence-electron chi connectivity index (χ3n) is 5.33. The van der Waals surface area contributed by atoms with E-state index in [2.05, 4.69) is 55.5 Å². The van der Waals surface area contributed by atoms with Gasteiger partial charge < -0.3 is 0 Å². The maximum absolute atomic E-state index is 2.34. The molecule has 2 rings (SSSR count). The molecule has 0 N–H and O–H groups in total. The Morgan fingerprint density at radius 2 is 1.62 bits per heavy atom. The van der Waals surface area contributed by atoms with Crippen LogP contribution < -0.4 is 0 Å². The Labute approximate surface area is 150 Å². The highest BCUT2D eigenvalue weighted by molar-refractivity contribution is 5.19. The Bertz CT molecular complexity index is 480. The summed E-state index contributed by atoms with van der Waals surface area (Å²) in [6.07, 6.45) is 23.1. The van der Waals surface area contributed by atoms with E-state index in [0.717, 1.165) is 5.92 Å². The van der Waals surface area contributed by atoms with Crippen LogP contribution in [0.2, 0.25) is 0 Å². The quantitative estimate of drug-likeness (QED) is 0.342. The van der Waals surface area contributed by atoms with Crippen LogP contribution in [0.4, 0.5) is 0 Å². The largest absolute Gasteiger partial charge is 0.0842 e. The number of benzene rings is 1. The molecule has 0 spiro atoms. The summed E-state index contributed by atoms with van der Waals surface area (Å²) >= 11 is 0. The van der Waals surface area contributed by atoms with E-state index in [4.69, 9.17) is 0 Å². The van der Waals surface area contributed by atoms with Gasteiger partial charge in [0.15, 0.2) is 0 Å². The molecule has 0 radical (unpaired) electrons. The fourth-order valence-corrected chi connectivity index (χ4v) is 3.80. The van der Waals surface area contributed by atoms with Crippen LogP contribution in [0.25, 0.3) is 0 Å². The predicted molar refractivity (Wildman–Crippen MR) is 107 cm³/mol. The average Bonchev–Trinajstić information content (AvgIpc) is 2.64. The number of unbranched alkanes of at least 4 members (excludes halogenated alkanes) is 5. The molecule has 1 aromatic carbocycles. The summed E-state index contributed by atoms with van der Waals surface area (Å²) in [5.41, 5.74) is 3.23. The van der Waals surface area contributed by atoms with Crippen LogP contribution in [0.3, 0.4) is 0 Å². The molecule has 0 amide bonds. The lowest BCUT2D eigenvalue weighted by Gasteiger charge is -2.17. The summed E-state index contributed by atoms with van der Waals surface area (Å²) in [5.74, 6) is 0.781. The van der Waals surface area contributed by atoms with Crippen LogP contribution >= 0.6 is 0 Å². The van der Waals surface area contributed by atoms with Gasteiger partial charge in [-0.05, 0) is 50.0 Å². The van der Waals surface area contributed by atoms with Crippen molar-refractivity contribution in [1.82, 2.24) is 0 Å². The van der Waals surface area contributed by atoms with Gasteiger partial charge in [0.05, 0.1) is 0 Å². The van der Waals surface area contributed by atoms with Gasteiger partial charge in [-0.15, -0.1) is 0 Å². The standard InChI is InChI=1S/C24H36/c1-2-3-8-18-23(24-20-13-7-14-21-24)19-12-5-4-9-15-22-16-10-6-11-17-22/h6-7,10,13-14,16,20-21,23H,2-5,8-9,11-12,15,17-19H2,1H3. The highest BCUT2D eigenvalue weighted by Gasteiger charge is 2.10.